The Morgan fingerprint density at radius 3 is 2.31 bits per heavy atom. The molecule has 0 aromatic heterocycles. The molecule has 2 aromatic rings. The van der Waals surface area contributed by atoms with Gasteiger partial charge in [-0.05, 0) is 50.5 Å². The van der Waals surface area contributed by atoms with Crippen molar-refractivity contribution < 1.29 is 14.3 Å². The molecular weight excluding hydrogens is 328 g/mol. The van der Waals surface area contributed by atoms with Gasteiger partial charge in [0.05, 0.1) is 17.9 Å². The summed E-state index contributed by atoms with van der Waals surface area (Å²) in [5.74, 6) is 0.128. The molecule has 136 valence electrons. The molecule has 3 amide bonds. The summed E-state index contributed by atoms with van der Waals surface area (Å²) in [6.07, 6.45) is 3.06. The van der Waals surface area contributed by atoms with Crippen LogP contribution >= 0.6 is 0 Å². The summed E-state index contributed by atoms with van der Waals surface area (Å²) in [4.78, 5) is 29.5. The molecule has 0 saturated carbocycles. The van der Waals surface area contributed by atoms with Gasteiger partial charge in [-0.15, -0.1) is 0 Å². The second kappa shape index (κ2) is 8.52. The van der Waals surface area contributed by atoms with E-state index in [0.29, 0.717) is 36.7 Å². The highest BCUT2D eigenvalue weighted by atomic mass is 16.5. The first-order valence-corrected chi connectivity index (χ1v) is 9.12. The van der Waals surface area contributed by atoms with Crippen LogP contribution in [0, 0.1) is 0 Å². The fourth-order valence-corrected chi connectivity index (χ4v) is 3.16. The van der Waals surface area contributed by atoms with Gasteiger partial charge in [0.2, 0.25) is 0 Å². The van der Waals surface area contributed by atoms with E-state index in [9.17, 15) is 9.59 Å². The number of anilines is 1. The Morgan fingerprint density at radius 2 is 1.62 bits per heavy atom. The number of rotatable bonds is 4. The lowest BCUT2D eigenvalue weighted by atomic mass is 10.1. The summed E-state index contributed by atoms with van der Waals surface area (Å²) in [6.45, 7) is 3.69. The van der Waals surface area contributed by atoms with Gasteiger partial charge in [-0.1, -0.05) is 30.3 Å². The zero-order valence-electron chi connectivity index (χ0n) is 15.1. The molecule has 26 heavy (non-hydrogen) atoms. The average Bonchev–Trinajstić information content (AvgIpc) is 2.70. The Balaban J connectivity index is 1.98. The number of carbonyl (C=O) groups excluding carboxylic acids is 2. The average molecular weight is 352 g/mol. The predicted molar refractivity (Wildman–Crippen MR) is 102 cm³/mol. The Bertz CT molecular complexity index is 755. The van der Waals surface area contributed by atoms with Crippen LogP contribution in [0.1, 0.15) is 36.5 Å². The fourth-order valence-electron chi connectivity index (χ4n) is 3.16. The number of imide groups is 1. The minimum Gasteiger partial charge on any atom is -0.493 e. The number of carbonyl (C=O) groups is 2. The van der Waals surface area contributed by atoms with Crippen LogP contribution in [0.25, 0.3) is 0 Å². The Hall–Kier alpha value is -2.82. The van der Waals surface area contributed by atoms with Crippen molar-refractivity contribution in [1.29, 1.82) is 0 Å². The highest BCUT2D eigenvalue weighted by Gasteiger charge is 2.31. The van der Waals surface area contributed by atoms with Crippen LogP contribution in [0.4, 0.5) is 10.5 Å². The van der Waals surface area contributed by atoms with Crippen molar-refractivity contribution in [2.75, 3.05) is 24.6 Å². The quantitative estimate of drug-likeness (QED) is 0.822. The largest absolute Gasteiger partial charge is 0.493 e. The van der Waals surface area contributed by atoms with Crippen molar-refractivity contribution in [1.82, 2.24) is 4.90 Å². The molecule has 0 radical (unpaired) electrons. The van der Waals surface area contributed by atoms with Crippen LogP contribution in [0.2, 0.25) is 0 Å². The lowest BCUT2D eigenvalue weighted by Gasteiger charge is -2.32. The van der Waals surface area contributed by atoms with Crippen molar-refractivity contribution in [2.24, 2.45) is 0 Å². The smallest absolute Gasteiger partial charge is 0.331 e. The van der Waals surface area contributed by atoms with Crippen LogP contribution in [0.5, 0.6) is 5.75 Å². The van der Waals surface area contributed by atoms with E-state index in [0.717, 1.165) is 19.3 Å². The maximum atomic E-state index is 13.3. The number of nitrogens with zero attached hydrogens (tertiary/aromatic N) is 2. The van der Waals surface area contributed by atoms with E-state index in [1.807, 2.05) is 31.2 Å². The van der Waals surface area contributed by atoms with Gasteiger partial charge < -0.3 is 9.64 Å². The first kappa shape index (κ1) is 18.0. The van der Waals surface area contributed by atoms with E-state index in [1.54, 1.807) is 35.2 Å². The summed E-state index contributed by atoms with van der Waals surface area (Å²) in [5.41, 5.74) is 0.961. The van der Waals surface area contributed by atoms with E-state index >= 15 is 0 Å². The number of likely N-dealkylation sites (tertiary alicyclic amines) is 1. The summed E-state index contributed by atoms with van der Waals surface area (Å²) in [7, 11) is 0. The van der Waals surface area contributed by atoms with Crippen molar-refractivity contribution in [3.8, 4) is 5.75 Å². The third-order valence-corrected chi connectivity index (χ3v) is 4.45. The topological polar surface area (TPSA) is 49.9 Å². The molecule has 1 fully saturated rings. The van der Waals surface area contributed by atoms with E-state index < -0.39 is 0 Å². The number of urea groups is 1. The molecule has 5 heteroatoms. The lowest BCUT2D eigenvalue weighted by Crippen LogP contribution is -2.48. The van der Waals surface area contributed by atoms with Crippen molar-refractivity contribution in [3.05, 3.63) is 60.2 Å². The number of amides is 3. The van der Waals surface area contributed by atoms with Gasteiger partial charge in [0.25, 0.3) is 5.91 Å². The number of piperidine rings is 1. The highest BCUT2D eigenvalue weighted by molar-refractivity contribution is 6.21. The number of hydrogen-bond acceptors (Lipinski definition) is 3. The second-order valence-electron chi connectivity index (χ2n) is 6.24. The van der Waals surface area contributed by atoms with Gasteiger partial charge in [-0.25, -0.2) is 9.69 Å². The molecule has 0 bridgehead atoms. The molecular formula is C21H24N2O3. The third-order valence-electron chi connectivity index (χ3n) is 4.45. The van der Waals surface area contributed by atoms with Gasteiger partial charge in [0.15, 0.2) is 0 Å². The normalized spacial score (nSPS) is 14.0. The molecule has 0 N–H and O–H groups in total. The molecule has 5 nitrogen and oxygen atoms in total. The predicted octanol–water partition coefficient (Wildman–Crippen LogP) is 4.34. The molecule has 1 heterocycles. The summed E-state index contributed by atoms with van der Waals surface area (Å²) in [5, 5.41) is 0. The lowest BCUT2D eigenvalue weighted by molar-refractivity contribution is 0.0980. The molecule has 0 unspecified atom stereocenters. The molecule has 0 atom stereocenters. The first-order valence-electron chi connectivity index (χ1n) is 9.12. The molecule has 2 aromatic carbocycles. The zero-order valence-corrected chi connectivity index (χ0v) is 15.1. The molecule has 1 aliphatic heterocycles. The summed E-state index contributed by atoms with van der Waals surface area (Å²) >= 11 is 0. The maximum Gasteiger partial charge on any atom is 0.331 e. The molecule has 1 saturated heterocycles. The van der Waals surface area contributed by atoms with Gasteiger partial charge in [-0.2, -0.15) is 0 Å². The number of ether oxygens (including phenoxy) is 1. The first-order chi connectivity index (χ1) is 12.7. The fraction of sp³-hybridized carbons (Fsp3) is 0.333. The SMILES string of the molecule is CCOc1ccccc1C(=O)N(C(=O)N1CCCCC1)c1ccccc1. The van der Waals surface area contributed by atoms with Gasteiger partial charge in [-0.3, -0.25) is 4.79 Å². The monoisotopic (exact) mass is 352 g/mol. The second-order valence-corrected chi connectivity index (χ2v) is 6.24. The van der Waals surface area contributed by atoms with Gasteiger partial charge >= 0.3 is 6.03 Å². The summed E-state index contributed by atoms with van der Waals surface area (Å²) in [6, 6.07) is 15.9. The van der Waals surface area contributed by atoms with Crippen LogP contribution < -0.4 is 9.64 Å². The van der Waals surface area contributed by atoms with Gasteiger partial charge in [0.1, 0.15) is 5.75 Å². The standard InChI is InChI=1S/C21H24N2O3/c1-2-26-19-14-8-7-13-18(19)20(24)23(17-11-5-3-6-12-17)21(25)22-15-9-4-10-16-22/h3,5-8,11-14H,2,4,9-10,15-16H2,1H3. The van der Waals surface area contributed by atoms with Crippen LogP contribution in [0.15, 0.2) is 54.6 Å². The van der Waals surface area contributed by atoms with Crippen LogP contribution in [0.3, 0.4) is 0 Å². The molecule has 0 spiro atoms. The molecule has 0 aliphatic carbocycles. The Labute approximate surface area is 154 Å². The van der Waals surface area contributed by atoms with E-state index in [1.165, 1.54) is 4.90 Å². The Morgan fingerprint density at radius 1 is 0.962 bits per heavy atom. The minimum atomic E-state index is -0.365. The van der Waals surface area contributed by atoms with E-state index in [-0.39, 0.29) is 11.9 Å². The number of benzene rings is 2. The number of hydrogen-bond donors (Lipinski definition) is 0. The summed E-state index contributed by atoms with van der Waals surface area (Å²) < 4.78 is 5.60. The van der Waals surface area contributed by atoms with Crippen molar-refractivity contribution in [2.45, 2.75) is 26.2 Å². The van der Waals surface area contributed by atoms with Crippen molar-refractivity contribution >= 4 is 17.6 Å². The van der Waals surface area contributed by atoms with Gasteiger partial charge in [0, 0.05) is 13.1 Å². The zero-order chi connectivity index (χ0) is 18.4. The van der Waals surface area contributed by atoms with E-state index in [4.69, 9.17) is 4.74 Å². The highest BCUT2D eigenvalue weighted by Crippen LogP contribution is 2.25. The Kier molecular flexibility index (Phi) is 5.89. The minimum absolute atomic E-state index is 0.271. The van der Waals surface area contributed by atoms with E-state index in [2.05, 4.69) is 0 Å². The van der Waals surface area contributed by atoms with Crippen molar-refractivity contribution in [3.63, 3.8) is 0 Å². The molecule has 1 aliphatic rings. The third kappa shape index (κ3) is 3.87. The van der Waals surface area contributed by atoms with Crippen LogP contribution in [-0.2, 0) is 0 Å². The maximum absolute atomic E-state index is 13.3. The molecule has 3 rings (SSSR count). The van der Waals surface area contributed by atoms with Crippen LogP contribution in [-0.4, -0.2) is 36.5 Å². The number of para-hydroxylation sites is 2.